The number of methoxy groups -OCH3 is 1. The minimum atomic E-state index is -0.0271. The summed E-state index contributed by atoms with van der Waals surface area (Å²) in [5.41, 5.74) is 6.31. The first-order chi connectivity index (χ1) is 8.74. The van der Waals surface area contributed by atoms with Crippen molar-refractivity contribution in [1.29, 1.82) is 0 Å². The normalized spacial score (nSPS) is 12.2. The van der Waals surface area contributed by atoms with Crippen LogP contribution in [-0.4, -0.2) is 7.11 Å². The number of nitrogens with one attached hydrogen (secondary N) is 1. The predicted molar refractivity (Wildman–Crippen MR) is 73.3 cm³/mol. The van der Waals surface area contributed by atoms with Gasteiger partial charge >= 0.3 is 0 Å². The van der Waals surface area contributed by atoms with Crippen LogP contribution in [0.5, 0.6) is 5.75 Å². The maximum Gasteiger partial charge on any atom is 0.119 e. The molecule has 3 nitrogen and oxygen atoms in total. The largest absolute Gasteiger partial charge is 0.497 e. The van der Waals surface area contributed by atoms with Crippen molar-refractivity contribution in [2.75, 3.05) is 7.11 Å². The lowest BCUT2D eigenvalue weighted by Crippen LogP contribution is -2.28. The van der Waals surface area contributed by atoms with Crippen LogP contribution in [0.25, 0.3) is 0 Å². The second-order valence-corrected chi connectivity index (χ2v) is 4.29. The van der Waals surface area contributed by atoms with Crippen LogP contribution < -0.4 is 16.0 Å². The van der Waals surface area contributed by atoms with Crippen molar-refractivity contribution < 1.29 is 4.74 Å². The molecule has 0 saturated carbocycles. The number of aryl methyl sites for hydroxylation is 1. The van der Waals surface area contributed by atoms with Gasteiger partial charge in [0.05, 0.1) is 13.2 Å². The van der Waals surface area contributed by atoms with E-state index in [9.17, 15) is 0 Å². The van der Waals surface area contributed by atoms with E-state index in [2.05, 4.69) is 36.6 Å². The molecule has 2 rings (SSSR count). The fourth-order valence-electron chi connectivity index (χ4n) is 1.96. The Morgan fingerprint density at radius 3 is 2.39 bits per heavy atom. The number of nitrogens with two attached hydrogens (primary N) is 1. The number of rotatable bonds is 4. The average molecular weight is 242 g/mol. The molecule has 2 aromatic carbocycles. The van der Waals surface area contributed by atoms with Gasteiger partial charge in [0, 0.05) is 0 Å². The molecule has 0 saturated heterocycles. The highest BCUT2D eigenvalue weighted by Crippen LogP contribution is 2.24. The molecule has 0 radical (unpaired) electrons. The highest BCUT2D eigenvalue weighted by atomic mass is 16.5. The molecule has 0 bridgehead atoms. The number of hydrazine groups is 1. The van der Waals surface area contributed by atoms with Gasteiger partial charge < -0.3 is 4.74 Å². The second-order valence-electron chi connectivity index (χ2n) is 4.29. The summed E-state index contributed by atoms with van der Waals surface area (Å²) < 4.78 is 5.24. The Bertz CT molecular complexity index is 508. The monoisotopic (exact) mass is 242 g/mol. The van der Waals surface area contributed by atoms with E-state index in [-0.39, 0.29) is 6.04 Å². The van der Waals surface area contributed by atoms with E-state index in [1.807, 2.05) is 24.3 Å². The van der Waals surface area contributed by atoms with Crippen molar-refractivity contribution in [2.24, 2.45) is 5.84 Å². The van der Waals surface area contributed by atoms with Gasteiger partial charge in [0.25, 0.3) is 0 Å². The van der Waals surface area contributed by atoms with Crippen LogP contribution in [0.2, 0.25) is 0 Å². The van der Waals surface area contributed by atoms with Crippen molar-refractivity contribution >= 4 is 0 Å². The van der Waals surface area contributed by atoms with Crippen LogP contribution in [0.1, 0.15) is 22.7 Å². The van der Waals surface area contributed by atoms with Gasteiger partial charge in [-0.25, -0.2) is 5.43 Å². The van der Waals surface area contributed by atoms with Gasteiger partial charge in [-0.05, 0) is 30.2 Å². The highest BCUT2D eigenvalue weighted by molar-refractivity contribution is 5.37. The third-order valence-electron chi connectivity index (χ3n) is 3.00. The van der Waals surface area contributed by atoms with Crippen LogP contribution in [0.4, 0.5) is 0 Å². The second kappa shape index (κ2) is 5.67. The Morgan fingerprint density at radius 2 is 1.78 bits per heavy atom. The van der Waals surface area contributed by atoms with Crippen LogP contribution in [-0.2, 0) is 0 Å². The van der Waals surface area contributed by atoms with Crippen molar-refractivity contribution in [3.05, 3.63) is 65.2 Å². The Kier molecular flexibility index (Phi) is 3.97. The summed E-state index contributed by atoms with van der Waals surface area (Å²) >= 11 is 0. The molecule has 0 aromatic heterocycles. The van der Waals surface area contributed by atoms with Gasteiger partial charge in [-0.3, -0.25) is 5.84 Å². The lowest BCUT2D eigenvalue weighted by atomic mass is 9.98. The molecule has 3 heteroatoms. The van der Waals surface area contributed by atoms with E-state index in [1.165, 1.54) is 5.56 Å². The van der Waals surface area contributed by atoms with Crippen molar-refractivity contribution in [3.8, 4) is 5.75 Å². The molecule has 0 aliphatic carbocycles. The Morgan fingerprint density at radius 1 is 1.06 bits per heavy atom. The summed E-state index contributed by atoms with van der Waals surface area (Å²) in [4.78, 5) is 0. The standard InChI is InChI=1S/C15H18N2O/c1-11-6-8-12(9-7-11)15(17-16)13-4-3-5-14(10-13)18-2/h3-10,15,17H,16H2,1-2H3. The van der Waals surface area contributed by atoms with Gasteiger partial charge in [-0.1, -0.05) is 42.0 Å². The molecule has 1 unspecified atom stereocenters. The van der Waals surface area contributed by atoms with Crippen LogP contribution in [0.3, 0.4) is 0 Å². The fraction of sp³-hybridized carbons (Fsp3) is 0.200. The minimum Gasteiger partial charge on any atom is -0.497 e. The molecule has 18 heavy (non-hydrogen) atoms. The molecule has 0 spiro atoms. The molecule has 0 amide bonds. The lowest BCUT2D eigenvalue weighted by Gasteiger charge is -2.17. The topological polar surface area (TPSA) is 47.3 Å². The minimum absolute atomic E-state index is 0.0271. The molecular weight excluding hydrogens is 224 g/mol. The van der Waals surface area contributed by atoms with Gasteiger partial charge in [0.15, 0.2) is 0 Å². The molecule has 1 atom stereocenters. The smallest absolute Gasteiger partial charge is 0.119 e. The number of benzene rings is 2. The van der Waals surface area contributed by atoms with Gasteiger partial charge in [0.1, 0.15) is 5.75 Å². The summed E-state index contributed by atoms with van der Waals surface area (Å²) in [6.07, 6.45) is 0. The Hall–Kier alpha value is -1.84. The summed E-state index contributed by atoms with van der Waals surface area (Å²) in [6.45, 7) is 2.07. The number of hydrogen-bond acceptors (Lipinski definition) is 3. The van der Waals surface area contributed by atoms with Crippen LogP contribution >= 0.6 is 0 Å². The van der Waals surface area contributed by atoms with E-state index in [1.54, 1.807) is 7.11 Å². The van der Waals surface area contributed by atoms with E-state index in [0.717, 1.165) is 16.9 Å². The Labute approximate surface area is 108 Å². The van der Waals surface area contributed by atoms with Gasteiger partial charge in [-0.2, -0.15) is 0 Å². The zero-order chi connectivity index (χ0) is 13.0. The van der Waals surface area contributed by atoms with Crippen LogP contribution in [0.15, 0.2) is 48.5 Å². The molecular formula is C15H18N2O. The van der Waals surface area contributed by atoms with E-state index in [0.29, 0.717) is 0 Å². The van der Waals surface area contributed by atoms with E-state index < -0.39 is 0 Å². The Balaban J connectivity index is 2.35. The average Bonchev–Trinajstić information content (AvgIpc) is 2.42. The molecule has 0 fully saturated rings. The maximum atomic E-state index is 5.68. The summed E-state index contributed by atoms with van der Waals surface area (Å²) in [5, 5.41) is 0. The van der Waals surface area contributed by atoms with E-state index in [4.69, 9.17) is 10.6 Å². The summed E-state index contributed by atoms with van der Waals surface area (Å²) in [6, 6.07) is 16.2. The first kappa shape index (κ1) is 12.6. The summed E-state index contributed by atoms with van der Waals surface area (Å²) in [7, 11) is 1.66. The van der Waals surface area contributed by atoms with E-state index >= 15 is 0 Å². The molecule has 0 aliphatic rings. The zero-order valence-electron chi connectivity index (χ0n) is 10.7. The molecule has 0 aliphatic heterocycles. The first-order valence-electron chi connectivity index (χ1n) is 5.91. The molecule has 0 heterocycles. The van der Waals surface area contributed by atoms with Crippen molar-refractivity contribution in [3.63, 3.8) is 0 Å². The third kappa shape index (κ3) is 2.70. The molecule has 2 aromatic rings. The third-order valence-corrected chi connectivity index (χ3v) is 3.00. The number of ether oxygens (including phenoxy) is 1. The number of hydrogen-bond donors (Lipinski definition) is 2. The zero-order valence-corrected chi connectivity index (χ0v) is 10.7. The predicted octanol–water partition coefficient (Wildman–Crippen LogP) is 2.56. The molecule has 94 valence electrons. The quantitative estimate of drug-likeness (QED) is 0.640. The van der Waals surface area contributed by atoms with Crippen molar-refractivity contribution in [1.82, 2.24) is 5.43 Å². The summed E-state index contributed by atoms with van der Waals surface area (Å²) in [5.74, 6) is 6.51. The lowest BCUT2D eigenvalue weighted by molar-refractivity contribution is 0.413. The van der Waals surface area contributed by atoms with Crippen molar-refractivity contribution in [2.45, 2.75) is 13.0 Å². The van der Waals surface area contributed by atoms with Crippen LogP contribution in [0, 0.1) is 6.92 Å². The SMILES string of the molecule is COc1cccc(C(NN)c2ccc(C)cc2)c1. The molecule has 3 N–H and O–H groups in total. The first-order valence-corrected chi connectivity index (χ1v) is 5.91. The van der Waals surface area contributed by atoms with Gasteiger partial charge in [-0.15, -0.1) is 0 Å². The fourth-order valence-corrected chi connectivity index (χ4v) is 1.96. The highest BCUT2D eigenvalue weighted by Gasteiger charge is 2.12. The maximum absolute atomic E-state index is 5.68. The van der Waals surface area contributed by atoms with Gasteiger partial charge in [0.2, 0.25) is 0 Å².